The number of amides is 1. The van der Waals surface area contributed by atoms with Crippen LogP contribution in [0.3, 0.4) is 0 Å². The van der Waals surface area contributed by atoms with E-state index in [1.165, 1.54) is 12.1 Å². The Morgan fingerprint density at radius 3 is 2.41 bits per heavy atom. The standard InChI is InChI=1S/C28H28F3N3O3/c1-19-11-13-34(14-12-19)18-27(36)33-24-15-21(8-10-26(24)37-28(29,30)31)25(35)16-23-9-7-22(17-32-23)20-5-3-2-4-6-20/h2-10,15,17,19H,11-14,16,18H2,1H3,(H,33,36). The molecule has 3 aromatic rings. The van der Waals surface area contributed by atoms with Crippen LogP contribution in [0.2, 0.25) is 0 Å². The van der Waals surface area contributed by atoms with Crippen molar-refractivity contribution in [1.29, 1.82) is 0 Å². The Morgan fingerprint density at radius 2 is 1.76 bits per heavy atom. The van der Waals surface area contributed by atoms with Crippen molar-refractivity contribution in [3.8, 4) is 16.9 Å². The zero-order valence-corrected chi connectivity index (χ0v) is 20.4. The number of anilines is 1. The third-order valence-electron chi connectivity index (χ3n) is 6.32. The second kappa shape index (κ2) is 11.6. The van der Waals surface area contributed by atoms with Gasteiger partial charge in [-0.05, 0) is 61.7 Å². The summed E-state index contributed by atoms with van der Waals surface area (Å²) in [4.78, 5) is 31.9. The number of ketones is 1. The number of ether oxygens (including phenoxy) is 1. The number of nitrogens with one attached hydrogen (secondary N) is 1. The maximum absolute atomic E-state index is 13.0. The number of Topliss-reactive ketones (excluding diaryl/α,β-unsaturated/α-hetero) is 1. The van der Waals surface area contributed by atoms with Crippen molar-refractivity contribution in [3.05, 3.63) is 78.1 Å². The van der Waals surface area contributed by atoms with Crippen LogP contribution >= 0.6 is 0 Å². The van der Waals surface area contributed by atoms with Gasteiger partial charge in [-0.25, -0.2) is 0 Å². The Morgan fingerprint density at radius 1 is 1.03 bits per heavy atom. The van der Waals surface area contributed by atoms with E-state index in [1.54, 1.807) is 12.3 Å². The minimum Gasteiger partial charge on any atom is -0.404 e. The van der Waals surface area contributed by atoms with Gasteiger partial charge >= 0.3 is 6.36 Å². The highest BCUT2D eigenvalue weighted by molar-refractivity contribution is 6.00. The van der Waals surface area contributed by atoms with Crippen LogP contribution in [0.4, 0.5) is 18.9 Å². The second-order valence-electron chi connectivity index (χ2n) is 9.27. The lowest BCUT2D eigenvalue weighted by atomic mass is 9.99. The molecule has 1 amide bonds. The fourth-order valence-corrected chi connectivity index (χ4v) is 4.22. The molecule has 6 nitrogen and oxygen atoms in total. The molecule has 9 heteroatoms. The van der Waals surface area contributed by atoms with Crippen molar-refractivity contribution < 1.29 is 27.5 Å². The molecule has 0 spiro atoms. The molecular weight excluding hydrogens is 483 g/mol. The number of likely N-dealkylation sites (tertiary alicyclic amines) is 1. The summed E-state index contributed by atoms with van der Waals surface area (Å²) in [5, 5.41) is 2.50. The van der Waals surface area contributed by atoms with Gasteiger partial charge in [0, 0.05) is 23.0 Å². The van der Waals surface area contributed by atoms with Gasteiger partial charge in [0.05, 0.1) is 18.7 Å². The maximum Gasteiger partial charge on any atom is 0.573 e. The van der Waals surface area contributed by atoms with Gasteiger partial charge < -0.3 is 10.1 Å². The monoisotopic (exact) mass is 511 g/mol. The molecule has 0 radical (unpaired) electrons. The second-order valence-corrected chi connectivity index (χ2v) is 9.27. The third kappa shape index (κ3) is 7.63. The number of nitrogens with zero attached hydrogens (tertiary/aromatic N) is 2. The molecule has 0 atom stereocenters. The molecule has 0 bridgehead atoms. The zero-order chi connectivity index (χ0) is 26.4. The zero-order valence-electron chi connectivity index (χ0n) is 20.4. The minimum atomic E-state index is -4.95. The van der Waals surface area contributed by atoms with Crippen molar-refractivity contribution in [2.75, 3.05) is 25.0 Å². The number of piperidine rings is 1. The molecule has 1 saturated heterocycles. The van der Waals surface area contributed by atoms with Crippen molar-refractivity contribution in [3.63, 3.8) is 0 Å². The molecule has 1 aromatic heterocycles. The number of carbonyl (C=O) groups excluding carboxylic acids is 2. The van der Waals surface area contributed by atoms with Crippen LogP contribution in [0.1, 0.15) is 35.8 Å². The van der Waals surface area contributed by atoms with E-state index in [-0.39, 0.29) is 30.0 Å². The normalized spacial score (nSPS) is 14.8. The molecule has 1 aliphatic rings. The van der Waals surface area contributed by atoms with Crippen LogP contribution in [0.15, 0.2) is 66.9 Å². The maximum atomic E-state index is 13.0. The van der Waals surface area contributed by atoms with Gasteiger partial charge in [0.25, 0.3) is 0 Å². The molecule has 2 aromatic carbocycles. The van der Waals surface area contributed by atoms with Gasteiger partial charge in [-0.1, -0.05) is 43.3 Å². The number of rotatable bonds is 8. The molecule has 1 fully saturated rings. The van der Waals surface area contributed by atoms with Crippen molar-refractivity contribution >= 4 is 17.4 Å². The van der Waals surface area contributed by atoms with Gasteiger partial charge in [-0.2, -0.15) is 0 Å². The highest BCUT2D eigenvalue weighted by Gasteiger charge is 2.32. The van der Waals surface area contributed by atoms with E-state index in [1.807, 2.05) is 41.3 Å². The fourth-order valence-electron chi connectivity index (χ4n) is 4.22. The number of alkyl halides is 3. The van der Waals surface area contributed by atoms with Crippen LogP contribution in [-0.2, 0) is 11.2 Å². The number of pyridine rings is 1. The van der Waals surface area contributed by atoms with E-state index in [9.17, 15) is 22.8 Å². The van der Waals surface area contributed by atoms with E-state index < -0.39 is 18.0 Å². The number of aromatic nitrogens is 1. The lowest BCUT2D eigenvalue weighted by Gasteiger charge is -2.29. The van der Waals surface area contributed by atoms with Crippen LogP contribution < -0.4 is 10.1 Å². The van der Waals surface area contributed by atoms with E-state index in [4.69, 9.17) is 0 Å². The SMILES string of the molecule is CC1CCN(CC(=O)Nc2cc(C(=O)Cc3ccc(-c4ccccc4)cn3)ccc2OC(F)(F)F)CC1. The van der Waals surface area contributed by atoms with Gasteiger partial charge in [-0.3, -0.25) is 19.5 Å². The summed E-state index contributed by atoms with van der Waals surface area (Å²) in [5.74, 6) is -0.809. The summed E-state index contributed by atoms with van der Waals surface area (Å²) in [6, 6.07) is 16.8. The molecule has 0 aliphatic carbocycles. The third-order valence-corrected chi connectivity index (χ3v) is 6.32. The number of hydrogen-bond donors (Lipinski definition) is 1. The highest BCUT2D eigenvalue weighted by atomic mass is 19.4. The average Bonchev–Trinajstić information content (AvgIpc) is 2.86. The molecule has 0 unspecified atom stereocenters. The molecular formula is C28H28F3N3O3. The lowest BCUT2D eigenvalue weighted by Crippen LogP contribution is -2.38. The van der Waals surface area contributed by atoms with E-state index in [0.717, 1.165) is 43.1 Å². The number of carbonyl (C=O) groups is 2. The van der Waals surface area contributed by atoms with E-state index in [0.29, 0.717) is 11.6 Å². The lowest BCUT2D eigenvalue weighted by molar-refractivity contribution is -0.274. The summed E-state index contributed by atoms with van der Waals surface area (Å²) in [5.41, 5.74) is 2.35. The smallest absolute Gasteiger partial charge is 0.404 e. The first-order valence-corrected chi connectivity index (χ1v) is 12.1. The van der Waals surface area contributed by atoms with Crippen LogP contribution in [0.5, 0.6) is 5.75 Å². The minimum absolute atomic E-state index is 0.0477. The Kier molecular flexibility index (Phi) is 8.23. The molecule has 1 N–H and O–H groups in total. The van der Waals surface area contributed by atoms with Crippen molar-refractivity contribution in [2.45, 2.75) is 32.5 Å². The number of benzene rings is 2. The summed E-state index contributed by atoms with van der Waals surface area (Å²) in [7, 11) is 0. The van der Waals surface area contributed by atoms with Crippen molar-refractivity contribution in [1.82, 2.24) is 9.88 Å². The molecule has 4 rings (SSSR count). The summed E-state index contributed by atoms with van der Waals surface area (Å²) < 4.78 is 42.9. The fraction of sp³-hybridized carbons (Fsp3) is 0.321. The topological polar surface area (TPSA) is 71.5 Å². The highest BCUT2D eigenvalue weighted by Crippen LogP contribution is 2.32. The quantitative estimate of drug-likeness (QED) is 0.391. The van der Waals surface area contributed by atoms with E-state index >= 15 is 0 Å². The predicted octanol–water partition coefficient (Wildman–Crippen LogP) is 5.74. The molecule has 1 aliphatic heterocycles. The summed E-state index contributed by atoms with van der Waals surface area (Å²) in [6.07, 6.45) is -1.41. The van der Waals surface area contributed by atoms with Gasteiger partial charge in [-0.15, -0.1) is 13.2 Å². The van der Waals surface area contributed by atoms with Crippen LogP contribution in [-0.4, -0.2) is 47.6 Å². The Hall–Kier alpha value is -3.72. The predicted molar refractivity (Wildman–Crippen MR) is 134 cm³/mol. The van der Waals surface area contributed by atoms with Crippen molar-refractivity contribution in [2.24, 2.45) is 5.92 Å². The van der Waals surface area contributed by atoms with Crippen LogP contribution in [0.25, 0.3) is 11.1 Å². The summed E-state index contributed by atoms with van der Waals surface area (Å²) in [6.45, 7) is 3.69. The first-order chi connectivity index (χ1) is 17.7. The Balaban J connectivity index is 1.47. The molecule has 37 heavy (non-hydrogen) atoms. The largest absolute Gasteiger partial charge is 0.573 e. The average molecular weight is 512 g/mol. The van der Waals surface area contributed by atoms with Gasteiger partial charge in [0.2, 0.25) is 5.91 Å². The summed E-state index contributed by atoms with van der Waals surface area (Å²) >= 11 is 0. The molecule has 194 valence electrons. The molecule has 2 heterocycles. The Labute approximate surface area is 213 Å². The molecule has 0 saturated carbocycles. The van der Waals surface area contributed by atoms with E-state index in [2.05, 4.69) is 22.0 Å². The number of hydrogen-bond acceptors (Lipinski definition) is 5. The van der Waals surface area contributed by atoms with Crippen LogP contribution in [0, 0.1) is 5.92 Å². The first kappa shape index (κ1) is 26.3. The first-order valence-electron chi connectivity index (χ1n) is 12.1. The van der Waals surface area contributed by atoms with Gasteiger partial charge in [0.15, 0.2) is 11.5 Å². The van der Waals surface area contributed by atoms with Gasteiger partial charge in [0.1, 0.15) is 0 Å². The number of halogens is 3. The Bertz CT molecular complexity index is 1220.